The lowest BCUT2D eigenvalue weighted by atomic mass is 10.2. The van der Waals surface area contributed by atoms with Crippen LogP contribution in [0, 0.1) is 5.92 Å². The number of nitrogen functional groups attached to an aromatic ring is 1. The zero-order valence-electron chi connectivity index (χ0n) is 15.2. The summed E-state index contributed by atoms with van der Waals surface area (Å²) in [6.45, 7) is 6.43. The molecule has 3 heterocycles. The average Bonchev–Trinajstić information content (AvgIpc) is 3.47. The van der Waals surface area contributed by atoms with E-state index in [1.807, 2.05) is 12.1 Å². The van der Waals surface area contributed by atoms with E-state index in [9.17, 15) is 0 Å². The van der Waals surface area contributed by atoms with Crippen LogP contribution in [-0.2, 0) is 4.74 Å². The van der Waals surface area contributed by atoms with Crippen molar-refractivity contribution in [3.05, 3.63) is 24.4 Å². The SMILES string of the molecule is C/C(=N\c1cc(N2CCOC[C@H]2C)nc(-c2ccnc(N)c2)n1)C1CC1. The summed E-state index contributed by atoms with van der Waals surface area (Å²) in [5, 5.41) is 0. The second kappa shape index (κ2) is 6.99. The van der Waals surface area contributed by atoms with Crippen LogP contribution >= 0.6 is 0 Å². The van der Waals surface area contributed by atoms with Gasteiger partial charge in [-0.2, -0.15) is 0 Å². The van der Waals surface area contributed by atoms with Gasteiger partial charge in [0.15, 0.2) is 11.6 Å². The maximum atomic E-state index is 5.84. The number of hydrogen-bond donors (Lipinski definition) is 1. The van der Waals surface area contributed by atoms with Crippen molar-refractivity contribution in [3.63, 3.8) is 0 Å². The molecule has 2 fully saturated rings. The van der Waals surface area contributed by atoms with Crippen molar-refractivity contribution in [1.82, 2.24) is 15.0 Å². The first-order valence-electron chi connectivity index (χ1n) is 9.10. The van der Waals surface area contributed by atoms with Gasteiger partial charge in [0.2, 0.25) is 0 Å². The van der Waals surface area contributed by atoms with Crippen molar-refractivity contribution in [2.75, 3.05) is 30.4 Å². The highest BCUT2D eigenvalue weighted by atomic mass is 16.5. The van der Waals surface area contributed by atoms with Gasteiger partial charge in [0.1, 0.15) is 11.6 Å². The minimum Gasteiger partial charge on any atom is -0.384 e. The number of morpholine rings is 1. The molecular formula is C19H24N6O. The van der Waals surface area contributed by atoms with Crippen LogP contribution < -0.4 is 10.6 Å². The molecule has 1 saturated heterocycles. The van der Waals surface area contributed by atoms with Gasteiger partial charge in [0, 0.05) is 30.1 Å². The minimum atomic E-state index is 0.260. The molecule has 0 spiro atoms. The van der Waals surface area contributed by atoms with Gasteiger partial charge in [-0.1, -0.05) is 0 Å². The van der Waals surface area contributed by atoms with Crippen molar-refractivity contribution < 1.29 is 4.74 Å². The van der Waals surface area contributed by atoms with Crippen molar-refractivity contribution in [2.24, 2.45) is 10.9 Å². The predicted molar refractivity (Wildman–Crippen MR) is 103 cm³/mol. The Kier molecular flexibility index (Phi) is 4.55. The molecule has 7 heteroatoms. The van der Waals surface area contributed by atoms with Crippen LogP contribution in [0.4, 0.5) is 17.5 Å². The third-order valence-electron chi connectivity index (χ3n) is 4.86. The molecule has 0 amide bonds. The Morgan fingerprint density at radius 1 is 1.31 bits per heavy atom. The standard InChI is InChI=1S/C19H24N6O/c1-12-11-26-8-7-25(12)18-10-17(22-13(2)14-3-4-14)23-19(24-18)15-5-6-21-16(20)9-15/h5-6,9-10,12,14H,3-4,7-8,11H2,1-2H3,(H2,20,21)/b22-13+/t12-/m1/s1. The molecule has 2 N–H and O–H groups in total. The molecular weight excluding hydrogens is 328 g/mol. The van der Waals surface area contributed by atoms with Gasteiger partial charge in [-0.15, -0.1) is 0 Å². The van der Waals surface area contributed by atoms with E-state index >= 15 is 0 Å². The maximum absolute atomic E-state index is 5.84. The van der Waals surface area contributed by atoms with Crippen LogP contribution in [0.2, 0.25) is 0 Å². The molecule has 1 aliphatic heterocycles. The fraction of sp³-hybridized carbons (Fsp3) is 0.474. The number of nitrogens with zero attached hydrogens (tertiary/aromatic N) is 5. The third kappa shape index (κ3) is 3.67. The van der Waals surface area contributed by atoms with E-state index < -0.39 is 0 Å². The zero-order chi connectivity index (χ0) is 18.1. The molecule has 0 aromatic carbocycles. The number of aliphatic imine (C=N–C) groups is 1. The van der Waals surface area contributed by atoms with E-state index in [4.69, 9.17) is 20.4 Å². The summed E-state index contributed by atoms with van der Waals surface area (Å²) >= 11 is 0. The minimum absolute atomic E-state index is 0.260. The molecule has 2 aliphatic rings. The summed E-state index contributed by atoms with van der Waals surface area (Å²) in [6, 6.07) is 5.90. The van der Waals surface area contributed by atoms with Crippen molar-refractivity contribution >= 4 is 23.2 Å². The van der Waals surface area contributed by atoms with Gasteiger partial charge < -0.3 is 15.4 Å². The number of pyridine rings is 1. The molecule has 2 aromatic rings. The van der Waals surface area contributed by atoms with E-state index in [0.717, 1.165) is 23.6 Å². The number of hydrogen-bond acceptors (Lipinski definition) is 7. The summed E-state index contributed by atoms with van der Waals surface area (Å²) in [6.07, 6.45) is 4.12. The predicted octanol–water partition coefficient (Wildman–Crippen LogP) is 2.85. The molecule has 136 valence electrons. The molecule has 0 bridgehead atoms. The van der Waals surface area contributed by atoms with Crippen molar-refractivity contribution in [3.8, 4) is 11.4 Å². The lowest BCUT2D eigenvalue weighted by molar-refractivity contribution is 0.0985. The van der Waals surface area contributed by atoms with Gasteiger partial charge in [-0.3, -0.25) is 0 Å². The molecule has 1 aliphatic carbocycles. The Labute approximate surface area is 153 Å². The molecule has 0 radical (unpaired) electrons. The Balaban J connectivity index is 1.77. The fourth-order valence-electron chi connectivity index (χ4n) is 3.18. The van der Waals surface area contributed by atoms with E-state index in [1.54, 1.807) is 12.3 Å². The van der Waals surface area contributed by atoms with E-state index in [-0.39, 0.29) is 6.04 Å². The summed E-state index contributed by atoms with van der Waals surface area (Å²) in [4.78, 5) is 20.6. The first kappa shape index (κ1) is 16.9. The highest BCUT2D eigenvalue weighted by Crippen LogP contribution is 2.33. The Hall–Kier alpha value is -2.54. The molecule has 0 unspecified atom stereocenters. The average molecular weight is 352 g/mol. The molecule has 1 atom stereocenters. The van der Waals surface area contributed by atoms with Gasteiger partial charge in [-0.05, 0) is 44.7 Å². The summed E-state index contributed by atoms with van der Waals surface area (Å²) in [5.74, 6) is 3.26. The van der Waals surface area contributed by atoms with E-state index in [1.165, 1.54) is 12.8 Å². The lowest BCUT2D eigenvalue weighted by Crippen LogP contribution is -2.44. The monoisotopic (exact) mass is 352 g/mol. The van der Waals surface area contributed by atoms with Gasteiger partial charge in [0.05, 0.1) is 19.3 Å². The first-order chi connectivity index (χ1) is 12.6. The Morgan fingerprint density at radius 3 is 2.88 bits per heavy atom. The van der Waals surface area contributed by atoms with Gasteiger partial charge in [-0.25, -0.2) is 19.9 Å². The van der Waals surface area contributed by atoms with Crippen LogP contribution in [0.15, 0.2) is 29.4 Å². The molecule has 4 rings (SSSR count). The van der Waals surface area contributed by atoms with Gasteiger partial charge >= 0.3 is 0 Å². The summed E-state index contributed by atoms with van der Waals surface area (Å²) in [7, 11) is 0. The second-order valence-corrected chi connectivity index (χ2v) is 7.02. The van der Waals surface area contributed by atoms with Crippen molar-refractivity contribution in [2.45, 2.75) is 32.7 Å². The molecule has 7 nitrogen and oxygen atoms in total. The third-order valence-corrected chi connectivity index (χ3v) is 4.86. The highest BCUT2D eigenvalue weighted by molar-refractivity contribution is 5.88. The lowest BCUT2D eigenvalue weighted by Gasteiger charge is -2.34. The quantitative estimate of drug-likeness (QED) is 0.851. The summed E-state index contributed by atoms with van der Waals surface area (Å²) < 4.78 is 5.56. The topological polar surface area (TPSA) is 89.5 Å². The molecule has 2 aromatic heterocycles. The number of ether oxygens (including phenoxy) is 1. The van der Waals surface area contributed by atoms with Crippen LogP contribution in [-0.4, -0.2) is 46.5 Å². The van der Waals surface area contributed by atoms with Gasteiger partial charge in [0.25, 0.3) is 0 Å². The normalized spacial score (nSPS) is 21.1. The van der Waals surface area contributed by atoms with Crippen molar-refractivity contribution in [1.29, 1.82) is 0 Å². The number of anilines is 2. The van der Waals surface area contributed by atoms with E-state index in [0.29, 0.717) is 36.6 Å². The van der Waals surface area contributed by atoms with Crippen LogP contribution in [0.5, 0.6) is 0 Å². The Bertz CT molecular complexity index is 833. The molecule has 1 saturated carbocycles. The number of nitrogens with two attached hydrogens (primary N) is 1. The largest absolute Gasteiger partial charge is 0.384 e. The Morgan fingerprint density at radius 2 is 2.15 bits per heavy atom. The first-order valence-corrected chi connectivity index (χ1v) is 9.10. The number of rotatable bonds is 4. The second-order valence-electron chi connectivity index (χ2n) is 7.02. The number of aromatic nitrogens is 3. The summed E-state index contributed by atoms with van der Waals surface area (Å²) in [5.41, 5.74) is 7.84. The molecule has 26 heavy (non-hydrogen) atoms. The maximum Gasteiger partial charge on any atom is 0.164 e. The smallest absolute Gasteiger partial charge is 0.164 e. The highest BCUT2D eigenvalue weighted by Gasteiger charge is 2.25. The van der Waals surface area contributed by atoms with E-state index in [2.05, 4.69) is 28.7 Å². The van der Waals surface area contributed by atoms with Crippen LogP contribution in [0.3, 0.4) is 0 Å². The van der Waals surface area contributed by atoms with Crippen LogP contribution in [0.1, 0.15) is 26.7 Å². The van der Waals surface area contributed by atoms with Crippen LogP contribution in [0.25, 0.3) is 11.4 Å². The fourth-order valence-corrected chi connectivity index (χ4v) is 3.18. The zero-order valence-corrected chi connectivity index (χ0v) is 15.2.